The molecule has 1 fully saturated rings. The third-order valence-corrected chi connectivity index (χ3v) is 4.02. The lowest BCUT2D eigenvalue weighted by Gasteiger charge is -2.22. The number of carbonyl (C=O) groups excluding carboxylic acids is 2. The second-order valence-corrected chi connectivity index (χ2v) is 5.78. The first-order valence-corrected chi connectivity index (χ1v) is 8.18. The highest BCUT2D eigenvalue weighted by Crippen LogP contribution is 2.29. The summed E-state index contributed by atoms with van der Waals surface area (Å²) in [6.07, 6.45) is 5.53. The summed E-state index contributed by atoms with van der Waals surface area (Å²) in [5, 5.41) is 8.20. The Morgan fingerprint density at radius 3 is 2.46 bits per heavy atom. The lowest BCUT2D eigenvalue weighted by Crippen LogP contribution is -2.45. The van der Waals surface area contributed by atoms with Gasteiger partial charge in [0.1, 0.15) is 0 Å². The molecule has 0 aromatic heterocycles. The Morgan fingerprint density at radius 2 is 1.79 bits per heavy atom. The largest absolute Gasteiger partial charge is 0.493 e. The lowest BCUT2D eigenvalue weighted by atomic mass is 9.96. The molecule has 0 saturated heterocycles. The zero-order valence-electron chi connectivity index (χ0n) is 14.2. The first-order valence-electron chi connectivity index (χ1n) is 8.18. The Morgan fingerprint density at radius 1 is 1.08 bits per heavy atom. The molecule has 3 amide bonds. The highest BCUT2D eigenvalue weighted by atomic mass is 16.5. The van der Waals surface area contributed by atoms with Crippen molar-refractivity contribution >= 4 is 17.6 Å². The number of hydrogen-bond donors (Lipinski definition) is 3. The van der Waals surface area contributed by atoms with Gasteiger partial charge in [0.25, 0.3) is 0 Å². The van der Waals surface area contributed by atoms with Gasteiger partial charge >= 0.3 is 6.03 Å². The van der Waals surface area contributed by atoms with Crippen LogP contribution in [0.4, 0.5) is 10.5 Å². The summed E-state index contributed by atoms with van der Waals surface area (Å²) in [4.78, 5) is 23.8. The number of ether oxygens (including phenoxy) is 2. The highest BCUT2D eigenvalue weighted by molar-refractivity contribution is 5.94. The van der Waals surface area contributed by atoms with E-state index < -0.39 is 0 Å². The molecular formula is C17H25N3O4. The van der Waals surface area contributed by atoms with Crippen LogP contribution in [-0.2, 0) is 4.79 Å². The molecular weight excluding hydrogens is 310 g/mol. The van der Waals surface area contributed by atoms with Crippen molar-refractivity contribution in [3.63, 3.8) is 0 Å². The van der Waals surface area contributed by atoms with Crippen molar-refractivity contribution in [2.75, 3.05) is 26.1 Å². The maximum absolute atomic E-state index is 11.9. The van der Waals surface area contributed by atoms with Gasteiger partial charge in [0.2, 0.25) is 5.91 Å². The molecule has 7 nitrogen and oxygen atoms in total. The molecule has 1 aliphatic carbocycles. The molecule has 1 aromatic carbocycles. The molecule has 0 radical (unpaired) electrons. The van der Waals surface area contributed by atoms with Crippen molar-refractivity contribution < 1.29 is 19.1 Å². The van der Waals surface area contributed by atoms with Gasteiger partial charge in [-0.15, -0.1) is 0 Å². The van der Waals surface area contributed by atoms with E-state index in [9.17, 15) is 9.59 Å². The average Bonchev–Trinajstić information content (AvgIpc) is 2.60. The van der Waals surface area contributed by atoms with Gasteiger partial charge in [0.05, 0.1) is 20.8 Å². The zero-order valence-corrected chi connectivity index (χ0v) is 14.2. The first kappa shape index (κ1) is 17.9. The van der Waals surface area contributed by atoms with Crippen molar-refractivity contribution in [2.45, 2.75) is 38.1 Å². The summed E-state index contributed by atoms with van der Waals surface area (Å²) >= 11 is 0. The van der Waals surface area contributed by atoms with Gasteiger partial charge in [0, 0.05) is 17.8 Å². The van der Waals surface area contributed by atoms with Crippen molar-refractivity contribution in [3.8, 4) is 11.5 Å². The minimum absolute atomic E-state index is 0.0904. The van der Waals surface area contributed by atoms with E-state index in [-0.39, 0.29) is 24.5 Å². The van der Waals surface area contributed by atoms with E-state index in [0.29, 0.717) is 17.2 Å². The number of nitrogens with one attached hydrogen (secondary N) is 3. The van der Waals surface area contributed by atoms with Crippen molar-refractivity contribution in [1.29, 1.82) is 0 Å². The SMILES string of the molecule is COc1ccc(NC(=O)CNC(=O)NC2CCCCC2)cc1OC. The maximum Gasteiger partial charge on any atom is 0.315 e. The molecule has 2 rings (SSSR count). The number of urea groups is 1. The molecule has 0 bridgehead atoms. The second kappa shape index (κ2) is 9.00. The summed E-state index contributed by atoms with van der Waals surface area (Å²) in [6, 6.07) is 5.00. The number of rotatable bonds is 6. The summed E-state index contributed by atoms with van der Waals surface area (Å²) in [7, 11) is 3.07. The normalized spacial score (nSPS) is 14.6. The van der Waals surface area contributed by atoms with Crippen LogP contribution in [0.1, 0.15) is 32.1 Å². The molecule has 0 aliphatic heterocycles. The minimum atomic E-state index is -0.305. The van der Waals surface area contributed by atoms with Crippen LogP contribution in [-0.4, -0.2) is 38.7 Å². The Labute approximate surface area is 142 Å². The van der Waals surface area contributed by atoms with Gasteiger partial charge < -0.3 is 25.4 Å². The predicted octanol–water partition coefficient (Wildman–Crippen LogP) is 2.27. The zero-order chi connectivity index (χ0) is 17.4. The van der Waals surface area contributed by atoms with E-state index >= 15 is 0 Å². The van der Waals surface area contributed by atoms with Crippen LogP contribution in [0.2, 0.25) is 0 Å². The number of carbonyl (C=O) groups is 2. The van der Waals surface area contributed by atoms with Crippen molar-refractivity contribution in [3.05, 3.63) is 18.2 Å². The van der Waals surface area contributed by atoms with Crippen LogP contribution in [0.3, 0.4) is 0 Å². The van der Waals surface area contributed by atoms with Crippen LogP contribution < -0.4 is 25.4 Å². The first-order chi connectivity index (χ1) is 11.6. The third kappa shape index (κ3) is 5.33. The molecule has 0 unspecified atom stereocenters. The molecule has 24 heavy (non-hydrogen) atoms. The summed E-state index contributed by atoms with van der Waals surface area (Å²) in [6.45, 7) is -0.0904. The standard InChI is InChI=1S/C17H25N3O4/c1-23-14-9-8-13(10-15(14)24-2)19-16(21)11-18-17(22)20-12-6-4-3-5-7-12/h8-10,12H,3-7,11H2,1-2H3,(H,19,21)(H2,18,20,22). The summed E-state index contributed by atoms with van der Waals surface area (Å²) in [5.74, 6) is 0.805. The molecule has 1 saturated carbocycles. The minimum Gasteiger partial charge on any atom is -0.493 e. The topological polar surface area (TPSA) is 88.7 Å². The quantitative estimate of drug-likeness (QED) is 0.744. The molecule has 0 atom stereocenters. The molecule has 0 heterocycles. The number of hydrogen-bond acceptors (Lipinski definition) is 4. The number of anilines is 1. The molecule has 7 heteroatoms. The van der Waals surface area contributed by atoms with Gasteiger partial charge in [0.15, 0.2) is 11.5 Å². The molecule has 132 valence electrons. The van der Waals surface area contributed by atoms with Gasteiger partial charge in [-0.05, 0) is 25.0 Å². The smallest absolute Gasteiger partial charge is 0.315 e. The fourth-order valence-electron chi connectivity index (χ4n) is 2.76. The third-order valence-electron chi connectivity index (χ3n) is 4.02. The van der Waals surface area contributed by atoms with Crippen LogP contribution in [0.25, 0.3) is 0 Å². The van der Waals surface area contributed by atoms with E-state index in [0.717, 1.165) is 25.7 Å². The highest BCUT2D eigenvalue weighted by Gasteiger charge is 2.16. The van der Waals surface area contributed by atoms with Crippen LogP contribution >= 0.6 is 0 Å². The molecule has 3 N–H and O–H groups in total. The predicted molar refractivity (Wildman–Crippen MR) is 91.6 cm³/mol. The van der Waals surface area contributed by atoms with Crippen molar-refractivity contribution in [2.24, 2.45) is 0 Å². The average molecular weight is 335 g/mol. The van der Waals surface area contributed by atoms with Crippen molar-refractivity contribution in [1.82, 2.24) is 10.6 Å². The summed E-state index contributed by atoms with van der Waals surface area (Å²) in [5.41, 5.74) is 0.576. The Hall–Kier alpha value is -2.44. The van der Waals surface area contributed by atoms with E-state index in [1.807, 2.05) is 0 Å². The monoisotopic (exact) mass is 335 g/mol. The fraction of sp³-hybridized carbons (Fsp3) is 0.529. The number of methoxy groups -OCH3 is 2. The van der Waals surface area contributed by atoms with E-state index in [2.05, 4.69) is 16.0 Å². The molecule has 1 aromatic rings. The van der Waals surface area contributed by atoms with Crippen LogP contribution in [0.15, 0.2) is 18.2 Å². The van der Waals surface area contributed by atoms with E-state index in [1.165, 1.54) is 13.5 Å². The van der Waals surface area contributed by atoms with Gasteiger partial charge in [-0.25, -0.2) is 4.79 Å². The molecule has 0 spiro atoms. The Kier molecular flexibility index (Phi) is 6.72. The van der Waals surface area contributed by atoms with Gasteiger partial charge in [-0.1, -0.05) is 19.3 Å². The second-order valence-electron chi connectivity index (χ2n) is 5.78. The van der Waals surface area contributed by atoms with Gasteiger partial charge in [-0.2, -0.15) is 0 Å². The molecule has 1 aliphatic rings. The van der Waals surface area contributed by atoms with E-state index in [4.69, 9.17) is 9.47 Å². The number of benzene rings is 1. The maximum atomic E-state index is 11.9. The van der Waals surface area contributed by atoms with Crippen LogP contribution in [0, 0.1) is 0 Å². The summed E-state index contributed by atoms with van der Waals surface area (Å²) < 4.78 is 10.3. The van der Waals surface area contributed by atoms with Crippen LogP contribution in [0.5, 0.6) is 11.5 Å². The fourth-order valence-corrected chi connectivity index (χ4v) is 2.76. The Bertz CT molecular complexity index is 571. The number of amides is 3. The lowest BCUT2D eigenvalue weighted by molar-refractivity contribution is -0.115. The Balaban J connectivity index is 1.77. The van der Waals surface area contributed by atoms with Gasteiger partial charge in [-0.3, -0.25) is 4.79 Å². The van der Waals surface area contributed by atoms with E-state index in [1.54, 1.807) is 25.3 Å².